The third kappa shape index (κ3) is 5.51. The van der Waals surface area contributed by atoms with E-state index in [1.54, 1.807) is 36.5 Å². The molecule has 4 aromatic rings. The highest BCUT2D eigenvalue weighted by Crippen LogP contribution is 2.35. The predicted octanol–water partition coefficient (Wildman–Crippen LogP) is 5.00. The van der Waals surface area contributed by atoms with Crippen molar-refractivity contribution in [2.75, 3.05) is 10.8 Å². The van der Waals surface area contributed by atoms with Gasteiger partial charge in [-0.2, -0.15) is 0 Å². The number of nitrogens with one attached hydrogen (secondary N) is 1. The first-order valence-corrected chi connectivity index (χ1v) is 12.8. The van der Waals surface area contributed by atoms with Crippen LogP contribution in [0.2, 0.25) is 10.0 Å². The van der Waals surface area contributed by atoms with Gasteiger partial charge in [0.2, 0.25) is 5.91 Å². The van der Waals surface area contributed by atoms with Gasteiger partial charge in [0.25, 0.3) is 10.0 Å². The van der Waals surface area contributed by atoms with Crippen molar-refractivity contribution in [1.82, 2.24) is 14.9 Å². The Morgan fingerprint density at radius 1 is 1.00 bits per heavy atom. The van der Waals surface area contributed by atoms with Gasteiger partial charge in [-0.3, -0.25) is 9.10 Å². The highest BCUT2D eigenvalue weighted by molar-refractivity contribution is 7.92. The smallest absolute Gasteiger partial charge is 0.264 e. The maximum absolute atomic E-state index is 13.4. The number of carbonyl (C=O) groups excluding carboxylic acids is 1. The molecule has 1 aromatic heterocycles. The molecule has 0 bridgehead atoms. The van der Waals surface area contributed by atoms with Crippen LogP contribution >= 0.6 is 23.2 Å². The van der Waals surface area contributed by atoms with Crippen LogP contribution in [0.3, 0.4) is 0 Å². The molecule has 0 radical (unpaired) electrons. The molecule has 10 heteroatoms. The summed E-state index contributed by atoms with van der Waals surface area (Å²) in [6.07, 6.45) is 3.60. The van der Waals surface area contributed by atoms with Crippen LogP contribution in [0.15, 0.2) is 90.1 Å². The van der Waals surface area contributed by atoms with Crippen molar-refractivity contribution in [1.29, 1.82) is 0 Å². The van der Waals surface area contributed by atoms with Crippen LogP contribution in [0.5, 0.6) is 0 Å². The van der Waals surface area contributed by atoms with E-state index in [1.165, 1.54) is 18.2 Å². The van der Waals surface area contributed by atoms with E-state index < -0.39 is 22.5 Å². The van der Waals surface area contributed by atoms with Crippen molar-refractivity contribution in [2.45, 2.75) is 18.4 Å². The Balaban J connectivity index is 1.53. The molecule has 1 heterocycles. The molecule has 0 fully saturated rings. The molecule has 0 saturated carbocycles. The number of halogens is 2. The molecule has 0 atom stereocenters. The monoisotopic (exact) mass is 528 g/mol. The van der Waals surface area contributed by atoms with Gasteiger partial charge in [-0.05, 0) is 48.9 Å². The lowest BCUT2D eigenvalue weighted by Gasteiger charge is -2.25. The molecule has 4 rings (SSSR count). The molecule has 180 valence electrons. The number of rotatable bonds is 8. The molecule has 1 amide bonds. The highest BCUT2D eigenvalue weighted by atomic mass is 35.5. The fourth-order valence-electron chi connectivity index (χ4n) is 3.52. The minimum atomic E-state index is -4.09. The van der Waals surface area contributed by atoms with Crippen molar-refractivity contribution in [3.05, 3.63) is 107 Å². The molecule has 35 heavy (non-hydrogen) atoms. The summed E-state index contributed by atoms with van der Waals surface area (Å²) < 4.78 is 29.8. The zero-order valence-corrected chi connectivity index (χ0v) is 21.1. The molecule has 3 aromatic carbocycles. The highest BCUT2D eigenvalue weighted by Gasteiger charge is 2.29. The second-order valence-corrected chi connectivity index (χ2v) is 10.3. The summed E-state index contributed by atoms with van der Waals surface area (Å²) in [5, 5.41) is 3.02. The lowest BCUT2D eigenvalue weighted by Crippen LogP contribution is -2.40. The lowest BCUT2D eigenvalue weighted by molar-refractivity contribution is -0.119. The number of aryl methyl sites for hydroxylation is 1. The Kier molecular flexibility index (Phi) is 7.45. The van der Waals surface area contributed by atoms with Gasteiger partial charge in [0.1, 0.15) is 12.4 Å². The molecular weight excluding hydrogens is 507 g/mol. The Morgan fingerprint density at radius 3 is 2.37 bits per heavy atom. The van der Waals surface area contributed by atoms with Crippen molar-refractivity contribution in [3.8, 4) is 5.69 Å². The number of hydrogen-bond acceptors (Lipinski definition) is 4. The first-order valence-electron chi connectivity index (χ1n) is 10.6. The van der Waals surface area contributed by atoms with E-state index in [-0.39, 0.29) is 27.2 Å². The number of nitrogens with zero attached hydrogens (tertiary/aromatic N) is 3. The number of aromatic nitrogens is 2. The zero-order valence-electron chi connectivity index (χ0n) is 18.7. The fraction of sp³-hybridized carbons (Fsp3) is 0.120. The third-order valence-corrected chi connectivity index (χ3v) is 7.93. The third-order valence-electron chi connectivity index (χ3n) is 5.35. The van der Waals surface area contributed by atoms with Gasteiger partial charge in [-0.25, -0.2) is 13.4 Å². The Labute approximate surface area is 214 Å². The lowest BCUT2D eigenvalue weighted by atomic mass is 10.2. The maximum atomic E-state index is 13.4. The van der Waals surface area contributed by atoms with Crippen molar-refractivity contribution < 1.29 is 13.2 Å². The van der Waals surface area contributed by atoms with Gasteiger partial charge in [0, 0.05) is 24.6 Å². The van der Waals surface area contributed by atoms with E-state index in [2.05, 4.69) is 10.3 Å². The largest absolute Gasteiger partial charge is 0.350 e. The van der Waals surface area contributed by atoms with Crippen molar-refractivity contribution in [2.24, 2.45) is 0 Å². The first-order chi connectivity index (χ1) is 16.8. The summed E-state index contributed by atoms with van der Waals surface area (Å²) in [6, 6.07) is 20.1. The number of sulfonamides is 1. The summed E-state index contributed by atoms with van der Waals surface area (Å²) >= 11 is 12.5. The molecule has 1 N–H and O–H groups in total. The van der Waals surface area contributed by atoms with Crippen LogP contribution < -0.4 is 9.62 Å². The van der Waals surface area contributed by atoms with E-state index in [9.17, 15) is 13.2 Å². The van der Waals surface area contributed by atoms with E-state index in [1.807, 2.05) is 42.0 Å². The molecule has 7 nitrogen and oxygen atoms in total. The summed E-state index contributed by atoms with van der Waals surface area (Å²) in [6.45, 7) is 1.67. The second kappa shape index (κ2) is 10.5. The van der Waals surface area contributed by atoms with Crippen molar-refractivity contribution >= 4 is 44.8 Å². The van der Waals surface area contributed by atoms with Gasteiger partial charge in [0.05, 0.1) is 20.6 Å². The summed E-state index contributed by atoms with van der Waals surface area (Å²) in [7, 11) is -4.09. The van der Waals surface area contributed by atoms with Gasteiger partial charge in [-0.1, -0.05) is 59.6 Å². The van der Waals surface area contributed by atoms with E-state index in [4.69, 9.17) is 23.2 Å². The first kappa shape index (κ1) is 24.8. The van der Waals surface area contributed by atoms with Crippen molar-refractivity contribution in [3.63, 3.8) is 0 Å². The standard InChI is InChI=1S/C25H22Cl2N4O3S/c1-18-28-14-15-30(18)20-12-10-19(11-13-20)16-29-24(32)17-31(23-9-5-8-22(26)25(23)27)35(33,34)21-6-3-2-4-7-21/h2-15H,16-17H2,1H3,(H,29,32). The number of imidazole rings is 1. The SMILES string of the molecule is Cc1nccn1-c1ccc(CNC(=O)CN(c2cccc(Cl)c2Cl)S(=O)(=O)c2ccccc2)cc1. The van der Waals surface area contributed by atoms with E-state index >= 15 is 0 Å². The zero-order chi connectivity index (χ0) is 25.0. The number of anilines is 1. The quantitative estimate of drug-likeness (QED) is 0.348. The molecule has 0 aliphatic rings. The minimum absolute atomic E-state index is 0.0363. The summed E-state index contributed by atoms with van der Waals surface area (Å²) in [5.41, 5.74) is 1.93. The normalized spacial score (nSPS) is 11.3. The molecule has 0 aliphatic heterocycles. The number of hydrogen-bond donors (Lipinski definition) is 1. The average Bonchev–Trinajstić information content (AvgIpc) is 3.30. The average molecular weight is 529 g/mol. The van der Waals surface area contributed by atoms with Gasteiger partial charge in [-0.15, -0.1) is 0 Å². The Hall–Kier alpha value is -3.33. The van der Waals surface area contributed by atoms with E-state index in [0.29, 0.717) is 0 Å². The molecule has 0 spiro atoms. The number of carbonyl (C=O) groups is 1. The minimum Gasteiger partial charge on any atom is -0.350 e. The number of amides is 1. The van der Waals surface area contributed by atoms with Crippen LogP contribution in [0.1, 0.15) is 11.4 Å². The van der Waals surface area contributed by atoms with Crippen LogP contribution in [-0.2, 0) is 21.4 Å². The molecule has 0 saturated heterocycles. The second-order valence-electron chi connectivity index (χ2n) is 7.69. The fourth-order valence-corrected chi connectivity index (χ4v) is 5.42. The van der Waals surface area contributed by atoms with E-state index in [0.717, 1.165) is 21.4 Å². The molecular formula is C25H22Cl2N4O3S. The van der Waals surface area contributed by atoms with Crippen LogP contribution in [0.25, 0.3) is 5.69 Å². The van der Waals surface area contributed by atoms with Gasteiger partial charge >= 0.3 is 0 Å². The summed E-state index contributed by atoms with van der Waals surface area (Å²) in [5.74, 6) is 0.375. The maximum Gasteiger partial charge on any atom is 0.264 e. The number of benzene rings is 3. The molecule has 0 aliphatic carbocycles. The predicted molar refractivity (Wildman–Crippen MR) is 138 cm³/mol. The topological polar surface area (TPSA) is 84.3 Å². The Bertz CT molecular complexity index is 1440. The van der Waals surface area contributed by atoms with Crippen LogP contribution in [-0.4, -0.2) is 30.4 Å². The van der Waals surface area contributed by atoms with Crippen LogP contribution in [0, 0.1) is 6.92 Å². The summed E-state index contributed by atoms with van der Waals surface area (Å²) in [4.78, 5) is 17.1. The van der Waals surface area contributed by atoms with Crippen LogP contribution in [0.4, 0.5) is 5.69 Å². The van der Waals surface area contributed by atoms with Gasteiger partial charge in [0.15, 0.2) is 0 Å². The molecule has 0 unspecified atom stereocenters. The van der Waals surface area contributed by atoms with Gasteiger partial charge < -0.3 is 9.88 Å². The Morgan fingerprint density at radius 2 is 1.71 bits per heavy atom.